The Bertz CT molecular complexity index is 1910. The Morgan fingerprint density at radius 3 is 2.26 bits per heavy atom. The fourth-order valence-corrected chi connectivity index (χ4v) is 7.07. The standard InChI is InChI=1S/C33H21N5O5/c34-17-20-8-1-6-15-26(20)37-31(40)28-27-22-11-2-4-13-24(22)33(29(28)32(37)41,25-14-5-3-12-23(25)27)18-35-36-30(39)19-9-7-10-21(16-19)38(42)43/h1-16,18,27-29H,(H,36,39)/b35-18-/t27?,28-,29-,33?/m1/s1. The number of carbonyl (C=O) groups is 3. The number of nitro benzene ring substituents is 1. The molecule has 1 aliphatic heterocycles. The molecule has 1 heterocycles. The lowest BCUT2D eigenvalue weighted by atomic mass is 9.47. The Labute approximate surface area is 245 Å². The molecule has 1 saturated heterocycles. The Kier molecular flexibility index (Phi) is 5.78. The number of hydrogen-bond donors (Lipinski definition) is 1. The molecule has 4 aliphatic rings. The lowest BCUT2D eigenvalue weighted by molar-refractivity contribution is -0.384. The number of hydrogen-bond acceptors (Lipinski definition) is 7. The molecule has 0 spiro atoms. The first-order chi connectivity index (χ1) is 20.9. The van der Waals surface area contributed by atoms with Gasteiger partial charge in [0, 0.05) is 29.8 Å². The largest absolute Gasteiger partial charge is 0.274 e. The third-order valence-corrected chi connectivity index (χ3v) is 8.70. The van der Waals surface area contributed by atoms with Crippen LogP contribution in [-0.4, -0.2) is 28.9 Å². The second-order valence-electron chi connectivity index (χ2n) is 10.7. The molecule has 208 valence electrons. The minimum absolute atomic E-state index is 0.0429. The smallest absolute Gasteiger partial charge is 0.271 e. The lowest BCUT2D eigenvalue weighted by Gasteiger charge is -2.52. The van der Waals surface area contributed by atoms with Gasteiger partial charge < -0.3 is 0 Å². The van der Waals surface area contributed by atoms with Crippen molar-refractivity contribution in [3.05, 3.63) is 141 Å². The number of carbonyl (C=O) groups excluding carboxylic acids is 3. The molecular formula is C33H21N5O5. The molecule has 0 unspecified atom stereocenters. The minimum atomic E-state index is -1.23. The second-order valence-corrected chi connectivity index (χ2v) is 10.7. The van der Waals surface area contributed by atoms with Crippen molar-refractivity contribution in [2.45, 2.75) is 11.3 Å². The van der Waals surface area contributed by atoms with Crippen LogP contribution in [0.1, 0.15) is 44.1 Å². The van der Waals surface area contributed by atoms with Gasteiger partial charge in [-0.15, -0.1) is 0 Å². The molecule has 0 radical (unpaired) electrons. The van der Waals surface area contributed by atoms with Crippen molar-refractivity contribution in [2.75, 3.05) is 4.90 Å². The van der Waals surface area contributed by atoms with Crippen molar-refractivity contribution in [1.29, 1.82) is 5.26 Å². The van der Waals surface area contributed by atoms with Gasteiger partial charge in [-0.05, 0) is 40.5 Å². The van der Waals surface area contributed by atoms with Gasteiger partial charge in [-0.25, -0.2) is 10.3 Å². The number of benzene rings is 4. The van der Waals surface area contributed by atoms with Crippen LogP contribution >= 0.6 is 0 Å². The molecule has 10 nitrogen and oxygen atoms in total. The second kappa shape index (κ2) is 9.56. The number of non-ortho nitro benzene ring substituents is 1. The van der Waals surface area contributed by atoms with Crippen LogP contribution in [0.25, 0.3) is 0 Å². The average molecular weight is 568 g/mol. The van der Waals surface area contributed by atoms with E-state index in [9.17, 15) is 29.8 Å². The summed E-state index contributed by atoms with van der Waals surface area (Å²) in [6.45, 7) is 0. The maximum atomic E-state index is 14.4. The molecule has 2 bridgehead atoms. The Hall–Kier alpha value is -5.95. The summed E-state index contributed by atoms with van der Waals surface area (Å²) in [4.78, 5) is 53.4. The van der Waals surface area contributed by atoms with Gasteiger partial charge in [0.25, 0.3) is 11.6 Å². The predicted molar refractivity (Wildman–Crippen MR) is 155 cm³/mol. The van der Waals surface area contributed by atoms with E-state index in [1.165, 1.54) is 24.4 Å². The molecule has 1 fully saturated rings. The van der Waals surface area contributed by atoms with Gasteiger partial charge >= 0.3 is 0 Å². The number of nitrogens with one attached hydrogen (secondary N) is 1. The Morgan fingerprint density at radius 1 is 0.930 bits per heavy atom. The van der Waals surface area contributed by atoms with Gasteiger partial charge in [0.05, 0.1) is 33.4 Å². The molecule has 8 rings (SSSR count). The third-order valence-electron chi connectivity index (χ3n) is 8.70. The van der Waals surface area contributed by atoms with E-state index in [0.717, 1.165) is 33.2 Å². The highest BCUT2D eigenvalue weighted by Crippen LogP contribution is 2.63. The SMILES string of the molecule is N#Cc1ccccc1N1C(=O)[C@@H]2C3c4ccccc4C(/C=N\NC(=O)c4cccc([N+](=O)[O-])c4)(c4ccccc43)[C@H]2C1=O. The van der Waals surface area contributed by atoms with E-state index in [2.05, 4.69) is 16.6 Å². The first kappa shape index (κ1) is 26.0. The molecule has 1 N–H and O–H groups in total. The monoisotopic (exact) mass is 567 g/mol. The van der Waals surface area contributed by atoms with E-state index in [1.54, 1.807) is 24.3 Å². The molecule has 0 saturated carbocycles. The van der Waals surface area contributed by atoms with Crippen LogP contribution in [0.15, 0.2) is 102 Å². The van der Waals surface area contributed by atoms with Crippen molar-refractivity contribution < 1.29 is 19.3 Å². The quantitative estimate of drug-likeness (QED) is 0.163. The van der Waals surface area contributed by atoms with Crippen LogP contribution in [0.5, 0.6) is 0 Å². The van der Waals surface area contributed by atoms with Crippen LogP contribution in [0.2, 0.25) is 0 Å². The van der Waals surface area contributed by atoms with Crippen molar-refractivity contribution in [3.8, 4) is 6.07 Å². The fourth-order valence-electron chi connectivity index (χ4n) is 7.07. The number of para-hydroxylation sites is 1. The first-order valence-corrected chi connectivity index (χ1v) is 13.5. The van der Waals surface area contributed by atoms with Crippen LogP contribution in [0, 0.1) is 33.3 Å². The summed E-state index contributed by atoms with van der Waals surface area (Å²) in [5, 5.41) is 25.3. The maximum Gasteiger partial charge on any atom is 0.271 e. The van der Waals surface area contributed by atoms with Crippen LogP contribution in [0.3, 0.4) is 0 Å². The topological polar surface area (TPSA) is 146 Å². The highest BCUT2D eigenvalue weighted by atomic mass is 16.6. The van der Waals surface area contributed by atoms with Crippen molar-refractivity contribution in [3.63, 3.8) is 0 Å². The first-order valence-electron chi connectivity index (χ1n) is 13.5. The van der Waals surface area contributed by atoms with Crippen molar-refractivity contribution in [2.24, 2.45) is 16.9 Å². The molecule has 2 atom stereocenters. The number of amides is 3. The molecule has 3 amide bonds. The van der Waals surface area contributed by atoms with E-state index in [1.807, 2.05) is 48.5 Å². The molecule has 4 aromatic carbocycles. The Morgan fingerprint density at radius 2 is 1.58 bits per heavy atom. The third kappa shape index (κ3) is 3.58. The Balaban J connectivity index is 1.39. The number of nitrogens with zero attached hydrogens (tertiary/aromatic N) is 4. The van der Waals surface area contributed by atoms with Gasteiger partial charge in [-0.2, -0.15) is 10.4 Å². The average Bonchev–Trinajstić information content (AvgIpc) is 3.31. The van der Waals surface area contributed by atoms with Gasteiger partial charge in [-0.3, -0.25) is 24.5 Å². The molecule has 43 heavy (non-hydrogen) atoms. The maximum absolute atomic E-state index is 14.4. The van der Waals surface area contributed by atoms with Crippen LogP contribution < -0.4 is 10.3 Å². The van der Waals surface area contributed by atoms with E-state index in [4.69, 9.17) is 0 Å². The lowest BCUT2D eigenvalue weighted by Crippen LogP contribution is -2.54. The zero-order valence-electron chi connectivity index (χ0n) is 22.4. The van der Waals surface area contributed by atoms with Gasteiger partial charge in [-0.1, -0.05) is 66.7 Å². The summed E-state index contributed by atoms with van der Waals surface area (Å²) in [6, 6.07) is 29.1. The summed E-state index contributed by atoms with van der Waals surface area (Å²) >= 11 is 0. The van der Waals surface area contributed by atoms with Gasteiger partial charge in [0.15, 0.2) is 0 Å². The van der Waals surface area contributed by atoms with Gasteiger partial charge in [0.1, 0.15) is 6.07 Å². The summed E-state index contributed by atoms with van der Waals surface area (Å²) < 4.78 is 0. The summed E-state index contributed by atoms with van der Waals surface area (Å²) in [5.74, 6) is -3.60. The number of hydrazone groups is 1. The predicted octanol–water partition coefficient (Wildman–Crippen LogP) is 4.43. The summed E-state index contributed by atoms with van der Waals surface area (Å²) in [6.07, 6.45) is 1.51. The number of imide groups is 1. The zero-order chi connectivity index (χ0) is 29.9. The van der Waals surface area contributed by atoms with E-state index in [0.29, 0.717) is 0 Å². The number of nitriles is 1. The molecular weight excluding hydrogens is 546 g/mol. The van der Waals surface area contributed by atoms with Crippen LogP contribution in [0.4, 0.5) is 11.4 Å². The number of rotatable bonds is 5. The minimum Gasteiger partial charge on any atom is -0.274 e. The summed E-state index contributed by atoms with van der Waals surface area (Å²) in [7, 11) is 0. The zero-order valence-corrected chi connectivity index (χ0v) is 22.4. The molecule has 3 aliphatic carbocycles. The molecule has 0 aromatic heterocycles. The normalized spacial score (nSPS) is 23.0. The van der Waals surface area contributed by atoms with E-state index >= 15 is 0 Å². The molecule has 4 aromatic rings. The van der Waals surface area contributed by atoms with E-state index in [-0.39, 0.29) is 22.5 Å². The summed E-state index contributed by atoms with van der Waals surface area (Å²) in [5.41, 5.74) is 4.85. The van der Waals surface area contributed by atoms with Crippen molar-refractivity contribution in [1.82, 2.24) is 5.43 Å². The highest BCUT2D eigenvalue weighted by molar-refractivity contribution is 6.25. The van der Waals surface area contributed by atoms with Crippen LogP contribution in [-0.2, 0) is 15.0 Å². The highest BCUT2D eigenvalue weighted by Gasteiger charge is 2.68. The molecule has 10 heteroatoms. The number of anilines is 1. The fraction of sp³-hybridized carbons (Fsp3) is 0.121. The van der Waals surface area contributed by atoms with Crippen molar-refractivity contribution >= 4 is 35.3 Å². The van der Waals surface area contributed by atoms with Gasteiger partial charge in [0.2, 0.25) is 11.8 Å². The number of nitro groups is 1. The van der Waals surface area contributed by atoms with E-state index < -0.39 is 45.8 Å².